The van der Waals surface area contributed by atoms with Gasteiger partial charge < -0.3 is 9.26 Å². The van der Waals surface area contributed by atoms with E-state index in [0.717, 1.165) is 41.7 Å². The van der Waals surface area contributed by atoms with E-state index in [2.05, 4.69) is 12.1 Å². The zero-order valence-electron chi connectivity index (χ0n) is 17.1. The molecule has 2 aromatic heterocycles. The fourth-order valence-electron chi connectivity index (χ4n) is 3.82. The fourth-order valence-corrected chi connectivity index (χ4v) is 3.82. The fraction of sp³-hybridized carbons (Fsp3) is 0.348. The lowest BCUT2D eigenvalue weighted by Crippen LogP contribution is -2.30. The van der Waals surface area contributed by atoms with Crippen LogP contribution in [0.3, 0.4) is 0 Å². The Balaban J connectivity index is 1.66. The molecular weight excluding hydrogens is 382 g/mol. The molecule has 0 amide bonds. The number of hydrogen-bond acceptors (Lipinski definition) is 5. The smallest absolute Gasteiger partial charge is 0.336 e. The van der Waals surface area contributed by atoms with Gasteiger partial charge in [0.25, 0.3) is 0 Å². The first-order chi connectivity index (χ1) is 14.6. The maximum absolute atomic E-state index is 13.3. The highest BCUT2D eigenvalue weighted by molar-refractivity contribution is 5.99. The van der Waals surface area contributed by atoms with Crippen molar-refractivity contribution in [2.24, 2.45) is 5.92 Å². The van der Waals surface area contributed by atoms with Crippen LogP contribution >= 0.6 is 0 Å². The van der Waals surface area contributed by atoms with Crippen LogP contribution in [0.4, 0.5) is 0 Å². The van der Waals surface area contributed by atoms with Crippen molar-refractivity contribution in [2.75, 3.05) is 6.61 Å². The van der Waals surface area contributed by atoms with Gasteiger partial charge in [0.15, 0.2) is 5.58 Å². The number of carbonyl (C=O) groups is 1. The lowest BCUT2D eigenvalue weighted by molar-refractivity contribution is 0.0886. The predicted molar refractivity (Wildman–Crippen MR) is 113 cm³/mol. The summed E-state index contributed by atoms with van der Waals surface area (Å²) in [6, 6.07) is 11.4. The molecule has 0 spiro atoms. The number of aromatic nitrogens is 3. The Morgan fingerprint density at radius 1 is 1.23 bits per heavy atom. The minimum Gasteiger partial charge on any atom is -0.494 e. The third kappa shape index (κ3) is 3.10. The molecule has 5 rings (SSSR count). The van der Waals surface area contributed by atoms with Crippen LogP contribution in [0.25, 0.3) is 22.0 Å². The van der Waals surface area contributed by atoms with Crippen LogP contribution in [-0.4, -0.2) is 26.8 Å². The van der Waals surface area contributed by atoms with Gasteiger partial charge in [-0.15, -0.1) is 0 Å². The molecule has 0 radical (unpaired) electrons. The molecule has 1 aliphatic carbocycles. The van der Waals surface area contributed by atoms with Gasteiger partial charge in [0.1, 0.15) is 5.75 Å². The van der Waals surface area contributed by atoms with Crippen LogP contribution in [-0.2, 0) is 6.54 Å². The summed E-state index contributed by atoms with van der Waals surface area (Å²) < 4.78 is 14.1. The van der Waals surface area contributed by atoms with E-state index in [1.54, 1.807) is 10.6 Å². The highest BCUT2D eigenvalue weighted by Crippen LogP contribution is 2.32. The molecule has 0 bridgehead atoms. The second-order valence-corrected chi connectivity index (χ2v) is 7.92. The first-order valence-corrected chi connectivity index (χ1v) is 10.3. The summed E-state index contributed by atoms with van der Waals surface area (Å²) in [6.07, 6.45) is 2.59. The molecular formula is C23H23N3O4. The summed E-state index contributed by atoms with van der Waals surface area (Å²) in [7, 11) is 0. The Bertz CT molecular complexity index is 1320. The molecule has 2 heterocycles. The highest BCUT2D eigenvalue weighted by atomic mass is 16.5. The molecule has 0 unspecified atom stereocenters. The zero-order valence-corrected chi connectivity index (χ0v) is 17.1. The molecule has 4 aromatic rings. The van der Waals surface area contributed by atoms with E-state index in [0.29, 0.717) is 29.8 Å². The molecule has 154 valence electrons. The van der Waals surface area contributed by atoms with Crippen molar-refractivity contribution in [1.82, 2.24) is 14.3 Å². The molecule has 1 saturated carbocycles. The maximum atomic E-state index is 13.3. The number of ether oxygens (including phenoxy) is 1. The largest absolute Gasteiger partial charge is 0.494 e. The van der Waals surface area contributed by atoms with Crippen molar-refractivity contribution in [2.45, 2.75) is 39.7 Å². The monoisotopic (exact) mass is 405 g/mol. The van der Waals surface area contributed by atoms with E-state index in [1.807, 2.05) is 37.3 Å². The van der Waals surface area contributed by atoms with Gasteiger partial charge in [0, 0.05) is 17.4 Å². The first kappa shape index (κ1) is 18.7. The number of fused-ring (bicyclic) bond motifs is 2. The number of rotatable bonds is 6. The Labute approximate surface area is 172 Å². The molecule has 7 nitrogen and oxygen atoms in total. The van der Waals surface area contributed by atoms with Gasteiger partial charge in [0.2, 0.25) is 5.91 Å². The van der Waals surface area contributed by atoms with E-state index in [-0.39, 0.29) is 17.5 Å². The minimum atomic E-state index is -0.319. The van der Waals surface area contributed by atoms with Crippen molar-refractivity contribution in [3.63, 3.8) is 0 Å². The summed E-state index contributed by atoms with van der Waals surface area (Å²) in [5.74, 6) is 0.566. The van der Waals surface area contributed by atoms with Crippen molar-refractivity contribution in [3.8, 4) is 5.75 Å². The minimum absolute atomic E-state index is 0.0697. The Hall–Kier alpha value is -3.35. The number of benzene rings is 2. The van der Waals surface area contributed by atoms with E-state index in [4.69, 9.17) is 9.26 Å². The van der Waals surface area contributed by atoms with Crippen LogP contribution < -0.4 is 10.4 Å². The van der Waals surface area contributed by atoms with Gasteiger partial charge in [-0.2, -0.15) is 0 Å². The highest BCUT2D eigenvalue weighted by Gasteiger charge is 2.34. The molecule has 30 heavy (non-hydrogen) atoms. The molecule has 0 atom stereocenters. The number of imidazole rings is 1. The summed E-state index contributed by atoms with van der Waals surface area (Å²) >= 11 is 0. The van der Waals surface area contributed by atoms with Crippen LogP contribution in [0.2, 0.25) is 0 Å². The second kappa shape index (κ2) is 7.16. The quantitative estimate of drug-likeness (QED) is 0.482. The van der Waals surface area contributed by atoms with Crippen LogP contribution in [0.15, 0.2) is 45.7 Å². The summed E-state index contributed by atoms with van der Waals surface area (Å²) in [4.78, 5) is 26.2. The van der Waals surface area contributed by atoms with E-state index >= 15 is 0 Å². The van der Waals surface area contributed by atoms with Crippen molar-refractivity contribution in [1.29, 1.82) is 0 Å². The molecule has 0 N–H and O–H groups in total. The van der Waals surface area contributed by atoms with Crippen molar-refractivity contribution in [3.05, 3.63) is 58.1 Å². The van der Waals surface area contributed by atoms with Gasteiger partial charge in [-0.1, -0.05) is 24.2 Å². The summed E-state index contributed by atoms with van der Waals surface area (Å²) in [5.41, 5.74) is 3.21. The average Bonchev–Trinajstić information content (AvgIpc) is 3.49. The number of aryl methyl sites for hydroxylation is 1. The van der Waals surface area contributed by atoms with Gasteiger partial charge >= 0.3 is 5.69 Å². The third-order valence-electron chi connectivity index (χ3n) is 5.56. The predicted octanol–water partition coefficient (Wildman–Crippen LogP) is 4.14. The Morgan fingerprint density at radius 2 is 2.07 bits per heavy atom. The van der Waals surface area contributed by atoms with E-state index < -0.39 is 0 Å². The van der Waals surface area contributed by atoms with Gasteiger partial charge in [-0.3, -0.25) is 9.36 Å². The molecule has 0 saturated heterocycles. The lowest BCUT2D eigenvalue weighted by atomic mass is 10.2. The lowest BCUT2D eigenvalue weighted by Gasteiger charge is -2.08. The first-order valence-electron chi connectivity index (χ1n) is 10.3. The molecule has 0 aliphatic heterocycles. The number of carbonyl (C=O) groups excluding carboxylic acids is 1. The standard InChI is InChI=1S/C23H23N3O4/c1-3-9-29-17-6-4-5-15(10-17)13-25-19-11-18-14(2)24-30-21(18)12-20(19)26(23(25)28)22(27)16-7-8-16/h4-6,10-12,16H,3,7-9,13H2,1-2H3. The maximum Gasteiger partial charge on any atom is 0.336 e. The zero-order chi connectivity index (χ0) is 20.8. The van der Waals surface area contributed by atoms with E-state index in [9.17, 15) is 9.59 Å². The van der Waals surface area contributed by atoms with E-state index in [1.165, 1.54) is 4.57 Å². The molecule has 1 fully saturated rings. The van der Waals surface area contributed by atoms with Gasteiger partial charge in [-0.25, -0.2) is 9.36 Å². The third-order valence-corrected chi connectivity index (χ3v) is 5.56. The average molecular weight is 405 g/mol. The van der Waals surface area contributed by atoms with Gasteiger partial charge in [-0.05, 0) is 49.9 Å². The Morgan fingerprint density at radius 3 is 2.83 bits per heavy atom. The normalized spacial score (nSPS) is 13.9. The van der Waals surface area contributed by atoms with Crippen LogP contribution in [0, 0.1) is 12.8 Å². The molecule has 7 heteroatoms. The SMILES string of the molecule is CCCOc1cccc(Cn2c(=O)n(C(=O)C3CC3)c3cc4onc(C)c4cc32)c1. The summed E-state index contributed by atoms with van der Waals surface area (Å²) in [5, 5.41) is 4.86. The second-order valence-electron chi connectivity index (χ2n) is 7.92. The van der Waals surface area contributed by atoms with Crippen LogP contribution in [0.1, 0.15) is 42.2 Å². The van der Waals surface area contributed by atoms with Crippen molar-refractivity contribution < 1.29 is 14.1 Å². The van der Waals surface area contributed by atoms with Crippen LogP contribution in [0.5, 0.6) is 5.75 Å². The molecule has 1 aliphatic rings. The number of hydrogen-bond donors (Lipinski definition) is 0. The molecule has 2 aromatic carbocycles. The van der Waals surface area contributed by atoms with Gasteiger partial charge in [0.05, 0.1) is 29.9 Å². The van der Waals surface area contributed by atoms with Crippen molar-refractivity contribution >= 4 is 27.9 Å². The topological polar surface area (TPSA) is 79.3 Å². The Kier molecular flexibility index (Phi) is 4.46. The number of nitrogens with zero attached hydrogens (tertiary/aromatic N) is 3. The summed E-state index contributed by atoms with van der Waals surface area (Å²) in [6.45, 7) is 4.91.